The van der Waals surface area contributed by atoms with Crippen molar-refractivity contribution >= 4 is 18.3 Å². The number of halogens is 2. The highest BCUT2D eigenvalue weighted by atomic mass is 35.5. The average molecular weight is 381 g/mol. The number of amides is 1. The van der Waals surface area contributed by atoms with Crippen molar-refractivity contribution in [3.63, 3.8) is 0 Å². The predicted octanol–water partition coefficient (Wildman–Crippen LogP) is 4.17. The topological polar surface area (TPSA) is 59.5 Å². The summed E-state index contributed by atoms with van der Waals surface area (Å²) in [7, 11) is 0. The molecule has 1 aliphatic heterocycles. The second kappa shape index (κ2) is 9.19. The number of rotatable bonds is 5. The molecule has 0 bridgehead atoms. The van der Waals surface area contributed by atoms with Crippen molar-refractivity contribution in [2.45, 2.75) is 51.1 Å². The number of nitrogens with zero attached hydrogens (tertiary/aromatic N) is 1. The van der Waals surface area contributed by atoms with E-state index in [1.54, 1.807) is 24.3 Å². The first-order valence-corrected chi connectivity index (χ1v) is 8.95. The molecule has 2 atom stereocenters. The van der Waals surface area contributed by atoms with Crippen LogP contribution >= 0.6 is 12.4 Å². The van der Waals surface area contributed by atoms with Crippen LogP contribution in [-0.2, 0) is 11.2 Å². The Bertz CT molecular complexity index is 732. The predicted molar refractivity (Wildman–Crippen MR) is 103 cm³/mol. The Balaban J connectivity index is 0.00000243. The highest BCUT2D eigenvalue weighted by molar-refractivity contribution is 5.85. The molecule has 0 radical (unpaired) electrons. The molecule has 26 heavy (non-hydrogen) atoms. The molecule has 4 nitrogen and oxygen atoms in total. The number of carbonyl (C=O) groups excluding carboxylic acids is 1. The first-order chi connectivity index (χ1) is 12.1. The molecule has 2 heterocycles. The minimum absolute atomic E-state index is 0. The molecule has 6 heteroatoms. The molecular formula is C20H26ClFN2O2. The van der Waals surface area contributed by atoms with Gasteiger partial charge < -0.3 is 15.1 Å². The third-order valence-corrected chi connectivity index (χ3v) is 4.86. The molecule has 1 aromatic carbocycles. The van der Waals surface area contributed by atoms with Crippen molar-refractivity contribution in [3.8, 4) is 11.3 Å². The molecule has 2 N–H and O–H groups in total. The van der Waals surface area contributed by atoms with Crippen molar-refractivity contribution in [3.05, 3.63) is 48.0 Å². The van der Waals surface area contributed by atoms with Crippen LogP contribution in [0.1, 0.15) is 38.4 Å². The van der Waals surface area contributed by atoms with Gasteiger partial charge in [0, 0.05) is 31.5 Å². The maximum Gasteiger partial charge on any atom is 0.223 e. The zero-order valence-corrected chi connectivity index (χ0v) is 15.8. The fraction of sp³-hybridized carbons (Fsp3) is 0.450. The van der Waals surface area contributed by atoms with Gasteiger partial charge in [-0.25, -0.2) is 4.39 Å². The van der Waals surface area contributed by atoms with E-state index in [0.29, 0.717) is 29.9 Å². The van der Waals surface area contributed by atoms with Crippen LogP contribution < -0.4 is 5.73 Å². The van der Waals surface area contributed by atoms with Crippen LogP contribution in [0.15, 0.2) is 40.8 Å². The van der Waals surface area contributed by atoms with Crippen LogP contribution in [0.2, 0.25) is 0 Å². The standard InChI is InChI=1S/C20H25FN2O2.ClH/c1-14(22)18-8-4-5-13-23(18)20(24)12-10-15-9-11-19(25-15)16-6-2-3-7-17(16)21;/h2-3,6-7,9,11,14,18H,4-5,8,10,12-13,22H2,1H3;1H. The number of nitrogens with two attached hydrogens (primary N) is 1. The number of piperidine rings is 1. The first-order valence-electron chi connectivity index (χ1n) is 8.95. The quantitative estimate of drug-likeness (QED) is 0.846. The van der Waals surface area contributed by atoms with Gasteiger partial charge in [0.15, 0.2) is 0 Å². The van der Waals surface area contributed by atoms with E-state index in [1.165, 1.54) is 6.07 Å². The molecule has 2 unspecified atom stereocenters. The lowest BCUT2D eigenvalue weighted by molar-refractivity contribution is -0.135. The summed E-state index contributed by atoms with van der Waals surface area (Å²) in [6.45, 7) is 2.74. The van der Waals surface area contributed by atoms with Crippen molar-refractivity contribution < 1.29 is 13.6 Å². The van der Waals surface area contributed by atoms with Crippen LogP contribution in [0.3, 0.4) is 0 Å². The van der Waals surface area contributed by atoms with Crippen LogP contribution in [0.5, 0.6) is 0 Å². The van der Waals surface area contributed by atoms with Gasteiger partial charge >= 0.3 is 0 Å². The Labute approximate surface area is 160 Å². The van der Waals surface area contributed by atoms with Crippen LogP contribution in [0, 0.1) is 5.82 Å². The average Bonchev–Trinajstić information content (AvgIpc) is 3.08. The number of hydrogen-bond acceptors (Lipinski definition) is 3. The number of carbonyl (C=O) groups is 1. The molecule has 1 aliphatic rings. The van der Waals surface area contributed by atoms with E-state index in [-0.39, 0.29) is 36.2 Å². The lowest BCUT2D eigenvalue weighted by Gasteiger charge is -2.38. The van der Waals surface area contributed by atoms with Crippen LogP contribution in [-0.4, -0.2) is 29.4 Å². The van der Waals surface area contributed by atoms with E-state index in [1.807, 2.05) is 17.9 Å². The zero-order chi connectivity index (χ0) is 17.8. The van der Waals surface area contributed by atoms with E-state index in [2.05, 4.69) is 0 Å². The molecule has 0 spiro atoms. The Morgan fingerprint density at radius 1 is 1.31 bits per heavy atom. The monoisotopic (exact) mass is 380 g/mol. The Morgan fingerprint density at radius 2 is 2.08 bits per heavy atom. The number of likely N-dealkylation sites (tertiary alicyclic amines) is 1. The van der Waals surface area contributed by atoms with Crippen molar-refractivity contribution in [2.75, 3.05) is 6.54 Å². The SMILES string of the molecule is CC(N)C1CCCCN1C(=O)CCc1ccc(-c2ccccc2F)o1.Cl. The van der Waals surface area contributed by atoms with E-state index >= 15 is 0 Å². The molecule has 1 aromatic heterocycles. The molecular weight excluding hydrogens is 355 g/mol. The molecule has 1 fully saturated rings. The third kappa shape index (κ3) is 4.65. The Hall–Kier alpha value is -1.85. The van der Waals surface area contributed by atoms with Gasteiger partial charge in [-0.2, -0.15) is 0 Å². The van der Waals surface area contributed by atoms with Gasteiger partial charge in [-0.15, -0.1) is 12.4 Å². The van der Waals surface area contributed by atoms with Gasteiger partial charge in [0.05, 0.1) is 5.56 Å². The van der Waals surface area contributed by atoms with E-state index < -0.39 is 0 Å². The summed E-state index contributed by atoms with van der Waals surface area (Å²) in [4.78, 5) is 14.5. The number of aryl methyl sites for hydroxylation is 1. The summed E-state index contributed by atoms with van der Waals surface area (Å²) in [6, 6.07) is 10.2. The highest BCUT2D eigenvalue weighted by Gasteiger charge is 2.28. The summed E-state index contributed by atoms with van der Waals surface area (Å²) in [6.07, 6.45) is 4.03. The van der Waals surface area contributed by atoms with Gasteiger partial charge in [-0.05, 0) is 50.5 Å². The van der Waals surface area contributed by atoms with Crippen molar-refractivity contribution in [1.29, 1.82) is 0 Å². The minimum atomic E-state index is -0.312. The van der Waals surface area contributed by atoms with E-state index in [9.17, 15) is 9.18 Å². The van der Waals surface area contributed by atoms with Gasteiger partial charge in [0.2, 0.25) is 5.91 Å². The maximum absolute atomic E-state index is 13.8. The molecule has 2 aromatic rings. The first kappa shape index (κ1) is 20.5. The van der Waals surface area contributed by atoms with Gasteiger partial charge in [0.25, 0.3) is 0 Å². The van der Waals surface area contributed by atoms with Crippen LogP contribution in [0.4, 0.5) is 4.39 Å². The smallest absolute Gasteiger partial charge is 0.223 e. The molecule has 142 valence electrons. The Kier molecular flexibility index (Phi) is 7.23. The normalized spacial score (nSPS) is 18.3. The fourth-order valence-corrected chi connectivity index (χ4v) is 3.51. The molecule has 1 amide bonds. The summed E-state index contributed by atoms with van der Waals surface area (Å²) in [5, 5.41) is 0. The Morgan fingerprint density at radius 3 is 2.81 bits per heavy atom. The summed E-state index contributed by atoms with van der Waals surface area (Å²) in [5.41, 5.74) is 6.47. The lowest BCUT2D eigenvalue weighted by atomic mass is 9.96. The molecule has 1 saturated heterocycles. The second-order valence-electron chi connectivity index (χ2n) is 6.76. The van der Waals surface area contributed by atoms with Gasteiger partial charge in [0.1, 0.15) is 17.3 Å². The zero-order valence-electron chi connectivity index (χ0n) is 15.0. The summed E-state index contributed by atoms with van der Waals surface area (Å²) in [5.74, 6) is 0.992. The number of furan rings is 1. The highest BCUT2D eigenvalue weighted by Crippen LogP contribution is 2.26. The van der Waals surface area contributed by atoms with Crippen LogP contribution in [0.25, 0.3) is 11.3 Å². The van der Waals surface area contributed by atoms with E-state index in [0.717, 1.165) is 25.8 Å². The van der Waals surface area contributed by atoms with Gasteiger partial charge in [-0.3, -0.25) is 4.79 Å². The largest absolute Gasteiger partial charge is 0.461 e. The van der Waals surface area contributed by atoms with Crippen molar-refractivity contribution in [1.82, 2.24) is 4.90 Å². The summed E-state index contributed by atoms with van der Waals surface area (Å²) >= 11 is 0. The number of hydrogen-bond donors (Lipinski definition) is 1. The maximum atomic E-state index is 13.8. The fourth-order valence-electron chi connectivity index (χ4n) is 3.51. The summed E-state index contributed by atoms with van der Waals surface area (Å²) < 4.78 is 19.6. The lowest BCUT2D eigenvalue weighted by Crippen LogP contribution is -2.51. The number of benzene rings is 1. The molecule has 3 rings (SSSR count). The second-order valence-corrected chi connectivity index (χ2v) is 6.76. The molecule has 0 saturated carbocycles. The third-order valence-electron chi connectivity index (χ3n) is 4.86. The van der Waals surface area contributed by atoms with E-state index in [4.69, 9.17) is 10.2 Å². The van der Waals surface area contributed by atoms with Crippen molar-refractivity contribution in [2.24, 2.45) is 5.73 Å². The van der Waals surface area contributed by atoms with Gasteiger partial charge in [-0.1, -0.05) is 12.1 Å². The minimum Gasteiger partial charge on any atom is -0.461 e. The molecule has 0 aliphatic carbocycles.